The predicted molar refractivity (Wildman–Crippen MR) is 96.9 cm³/mol. The van der Waals surface area contributed by atoms with Crippen LogP contribution < -0.4 is 0 Å². The van der Waals surface area contributed by atoms with Gasteiger partial charge < -0.3 is 9.88 Å². The zero-order valence-corrected chi connectivity index (χ0v) is 14.5. The number of halogens is 1. The lowest BCUT2D eigenvalue weighted by atomic mass is 10.0. The molecule has 26 heavy (non-hydrogen) atoms. The van der Waals surface area contributed by atoms with Crippen LogP contribution in [0.1, 0.15) is 43.1 Å². The molecule has 0 radical (unpaired) electrons. The summed E-state index contributed by atoms with van der Waals surface area (Å²) in [6.07, 6.45) is 7.61. The van der Waals surface area contributed by atoms with Crippen molar-refractivity contribution in [2.75, 3.05) is 6.54 Å². The van der Waals surface area contributed by atoms with Crippen molar-refractivity contribution in [2.45, 2.75) is 38.1 Å². The van der Waals surface area contributed by atoms with Gasteiger partial charge in [-0.2, -0.15) is 0 Å². The Morgan fingerprint density at radius 1 is 1.31 bits per heavy atom. The van der Waals surface area contributed by atoms with Gasteiger partial charge in [-0.25, -0.2) is 9.37 Å². The number of piperidine rings is 1. The number of aromatic amines is 1. The van der Waals surface area contributed by atoms with E-state index >= 15 is 0 Å². The van der Waals surface area contributed by atoms with Crippen LogP contribution in [-0.2, 0) is 11.2 Å². The number of nitrogens with zero attached hydrogens (tertiary/aromatic N) is 3. The molecule has 3 aromatic rings. The molecule has 1 aromatic carbocycles. The number of aryl methyl sites for hydroxylation is 1. The summed E-state index contributed by atoms with van der Waals surface area (Å²) in [5, 5.41) is 0. The molecule has 1 aliphatic rings. The third kappa shape index (κ3) is 3.45. The predicted octanol–water partition coefficient (Wildman–Crippen LogP) is 3.78. The van der Waals surface area contributed by atoms with Gasteiger partial charge in [0.05, 0.1) is 17.1 Å². The van der Waals surface area contributed by atoms with E-state index in [2.05, 4.69) is 15.0 Å². The zero-order chi connectivity index (χ0) is 17.9. The monoisotopic (exact) mass is 352 g/mol. The number of aromatic nitrogens is 3. The lowest BCUT2D eigenvalue weighted by molar-refractivity contribution is -0.135. The maximum absolute atomic E-state index is 13.4. The summed E-state index contributed by atoms with van der Waals surface area (Å²) in [6.45, 7) is 0.738. The van der Waals surface area contributed by atoms with Crippen molar-refractivity contribution in [2.24, 2.45) is 0 Å². The molecule has 0 unspecified atom stereocenters. The second-order valence-electron chi connectivity index (χ2n) is 6.74. The number of fused-ring (bicyclic) bond motifs is 1. The Balaban J connectivity index is 1.52. The fourth-order valence-corrected chi connectivity index (χ4v) is 3.61. The number of amides is 1. The lowest BCUT2D eigenvalue weighted by Crippen LogP contribution is -2.39. The van der Waals surface area contributed by atoms with Crippen LogP contribution >= 0.6 is 0 Å². The van der Waals surface area contributed by atoms with Crippen LogP contribution in [0.2, 0.25) is 0 Å². The Morgan fingerprint density at radius 3 is 3.08 bits per heavy atom. The highest BCUT2D eigenvalue weighted by molar-refractivity contribution is 5.78. The van der Waals surface area contributed by atoms with E-state index in [0.717, 1.165) is 42.7 Å². The molecular formula is C20H21FN4O. The maximum atomic E-state index is 13.4. The number of hydrogen-bond donors (Lipinski definition) is 1. The van der Waals surface area contributed by atoms with Gasteiger partial charge in [0.1, 0.15) is 11.6 Å². The molecule has 5 nitrogen and oxygen atoms in total. The van der Waals surface area contributed by atoms with Crippen molar-refractivity contribution in [1.29, 1.82) is 0 Å². The Labute approximate surface area is 151 Å². The molecule has 6 heteroatoms. The minimum atomic E-state index is -0.291. The molecule has 1 atom stereocenters. The topological polar surface area (TPSA) is 61.9 Å². The van der Waals surface area contributed by atoms with Crippen LogP contribution in [-0.4, -0.2) is 32.3 Å². The molecule has 0 aliphatic carbocycles. The first-order valence-corrected chi connectivity index (χ1v) is 9.04. The fourth-order valence-electron chi connectivity index (χ4n) is 3.61. The third-order valence-electron chi connectivity index (χ3n) is 4.95. The number of hydrogen-bond acceptors (Lipinski definition) is 3. The van der Waals surface area contributed by atoms with Gasteiger partial charge in [-0.05, 0) is 55.5 Å². The highest BCUT2D eigenvalue weighted by Crippen LogP contribution is 2.31. The summed E-state index contributed by atoms with van der Waals surface area (Å²) in [4.78, 5) is 26.7. The van der Waals surface area contributed by atoms with Gasteiger partial charge in [0.15, 0.2) is 0 Å². The van der Waals surface area contributed by atoms with E-state index in [1.54, 1.807) is 18.5 Å². The molecule has 1 fully saturated rings. The molecule has 1 aliphatic heterocycles. The molecule has 0 bridgehead atoms. The van der Waals surface area contributed by atoms with E-state index in [-0.39, 0.29) is 17.8 Å². The number of benzene rings is 1. The quantitative estimate of drug-likeness (QED) is 0.777. The van der Waals surface area contributed by atoms with Crippen LogP contribution in [0, 0.1) is 5.82 Å². The van der Waals surface area contributed by atoms with Crippen LogP contribution in [0.15, 0.2) is 42.7 Å². The highest BCUT2D eigenvalue weighted by Gasteiger charge is 2.29. The normalized spacial score (nSPS) is 17.6. The first kappa shape index (κ1) is 16.7. The van der Waals surface area contributed by atoms with Crippen LogP contribution in [0.4, 0.5) is 4.39 Å². The average molecular weight is 352 g/mol. The van der Waals surface area contributed by atoms with Gasteiger partial charge in [0.25, 0.3) is 0 Å². The molecular weight excluding hydrogens is 331 g/mol. The van der Waals surface area contributed by atoms with Crippen molar-refractivity contribution in [3.8, 4) is 0 Å². The summed E-state index contributed by atoms with van der Waals surface area (Å²) in [7, 11) is 0. The van der Waals surface area contributed by atoms with Gasteiger partial charge in [-0.3, -0.25) is 9.78 Å². The number of carbonyl (C=O) groups excluding carboxylic acids is 1. The number of pyridine rings is 1. The zero-order valence-electron chi connectivity index (χ0n) is 14.5. The third-order valence-corrected chi connectivity index (χ3v) is 4.95. The van der Waals surface area contributed by atoms with E-state index in [0.29, 0.717) is 18.4 Å². The van der Waals surface area contributed by atoms with E-state index in [9.17, 15) is 9.18 Å². The van der Waals surface area contributed by atoms with E-state index in [4.69, 9.17) is 0 Å². The molecule has 0 saturated carbocycles. The van der Waals surface area contributed by atoms with Crippen molar-refractivity contribution < 1.29 is 9.18 Å². The summed E-state index contributed by atoms with van der Waals surface area (Å²) >= 11 is 0. The molecule has 0 spiro atoms. The summed E-state index contributed by atoms with van der Waals surface area (Å²) in [5.41, 5.74) is 2.47. The Kier molecular flexibility index (Phi) is 4.65. The van der Waals surface area contributed by atoms with Gasteiger partial charge in [-0.15, -0.1) is 0 Å². The first-order valence-electron chi connectivity index (χ1n) is 9.04. The van der Waals surface area contributed by atoms with Crippen LogP contribution in [0.5, 0.6) is 0 Å². The molecule has 3 heterocycles. The SMILES string of the molecule is O=C(CCc1cccnc1)N1CCCC[C@H]1c1nc2ccc(F)cc2[nH]1. The lowest BCUT2D eigenvalue weighted by Gasteiger charge is -2.34. The summed E-state index contributed by atoms with van der Waals surface area (Å²) in [5.74, 6) is 0.589. The second kappa shape index (κ2) is 7.23. The molecule has 1 amide bonds. The van der Waals surface area contributed by atoms with Crippen molar-refractivity contribution in [1.82, 2.24) is 19.9 Å². The van der Waals surface area contributed by atoms with Crippen molar-refractivity contribution in [3.63, 3.8) is 0 Å². The van der Waals surface area contributed by atoms with Crippen LogP contribution in [0.3, 0.4) is 0 Å². The largest absolute Gasteiger partial charge is 0.340 e. The highest BCUT2D eigenvalue weighted by atomic mass is 19.1. The van der Waals surface area contributed by atoms with Gasteiger partial charge in [0, 0.05) is 25.4 Å². The second-order valence-corrected chi connectivity index (χ2v) is 6.74. The molecule has 1 saturated heterocycles. The fraction of sp³-hybridized carbons (Fsp3) is 0.350. The molecule has 4 rings (SSSR count). The number of carbonyl (C=O) groups is 1. The van der Waals surface area contributed by atoms with Gasteiger partial charge >= 0.3 is 0 Å². The molecule has 1 N–H and O–H groups in total. The molecule has 134 valence electrons. The number of nitrogens with one attached hydrogen (secondary N) is 1. The van der Waals surface area contributed by atoms with E-state index < -0.39 is 0 Å². The van der Waals surface area contributed by atoms with E-state index in [1.165, 1.54) is 12.1 Å². The van der Waals surface area contributed by atoms with Crippen molar-refractivity contribution >= 4 is 16.9 Å². The number of H-pyrrole nitrogens is 1. The summed E-state index contributed by atoms with van der Waals surface area (Å²) < 4.78 is 13.4. The van der Waals surface area contributed by atoms with Crippen LogP contribution in [0.25, 0.3) is 11.0 Å². The van der Waals surface area contributed by atoms with E-state index in [1.807, 2.05) is 17.0 Å². The number of imidazole rings is 1. The minimum Gasteiger partial charge on any atom is -0.340 e. The van der Waals surface area contributed by atoms with Gasteiger partial charge in [-0.1, -0.05) is 6.07 Å². The number of likely N-dealkylation sites (tertiary alicyclic amines) is 1. The standard InChI is InChI=1S/C20H21FN4O/c21-15-7-8-16-17(12-15)24-20(23-16)18-5-1-2-11-25(18)19(26)9-6-14-4-3-10-22-13-14/h3-4,7-8,10,12-13,18H,1-2,5-6,9,11H2,(H,23,24)/t18-/m0/s1. The Hall–Kier alpha value is -2.76. The summed E-state index contributed by atoms with van der Waals surface area (Å²) in [6, 6.07) is 8.33. The molecule has 2 aromatic heterocycles. The maximum Gasteiger partial charge on any atom is 0.223 e. The van der Waals surface area contributed by atoms with Gasteiger partial charge in [0.2, 0.25) is 5.91 Å². The minimum absolute atomic E-state index is 0.0689. The first-order chi connectivity index (χ1) is 12.7. The smallest absolute Gasteiger partial charge is 0.223 e. The Bertz CT molecular complexity index is 909. The number of rotatable bonds is 4. The Morgan fingerprint density at radius 2 is 2.23 bits per heavy atom. The average Bonchev–Trinajstić information content (AvgIpc) is 3.10. The van der Waals surface area contributed by atoms with Crippen molar-refractivity contribution in [3.05, 3.63) is 59.9 Å².